The fourth-order valence-corrected chi connectivity index (χ4v) is 2.75. The van der Waals surface area contributed by atoms with Gasteiger partial charge in [-0.05, 0) is 53.6 Å². The van der Waals surface area contributed by atoms with Crippen molar-refractivity contribution in [1.29, 1.82) is 10.8 Å². The van der Waals surface area contributed by atoms with Crippen molar-refractivity contribution >= 4 is 36.1 Å². The van der Waals surface area contributed by atoms with E-state index in [0.29, 0.717) is 23.7 Å². The second-order valence-corrected chi connectivity index (χ2v) is 6.14. The van der Waals surface area contributed by atoms with Crippen molar-refractivity contribution in [2.45, 2.75) is 6.61 Å². The number of benzene rings is 1. The molecule has 150 valence electrons. The summed E-state index contributed by atoms with van der Waals surface area (Å²) in [4.78, 5) is 4.51. The highest BCUT2D eigenvalue weighted by molar-refractivity contribution is 6.24. The lowest BCUT2D eigenvalue weighted by atomic mass is 10.0. The summed E-state index contributed by atoms with van der Waals surface area (Å²) >= 11 is 0. The van der Waals surface area contributed by atoms with Crippen LogP contribution in [0.3, 0.4) is 0 Å². The third-order valence-electron chi connectivity index (χ3n) is 4.23. The van der Waals surface area contributed by atoms with Crippen molar-refractivity contribution in [2.75, 3.05) is 0 Å². The Morgan fingerprint density at radius 1 is 1.07 bits per heavy atom. The minimum absolute atomic E-state index is 0.154. The molecule has 0 aliphatic heterocycles. The van der Waals surface area contributed by atoms with Gasteiger partial charge in [-0.15, -0.1) is 0 Å². The average Bonchev–Trinajstić information content (AvgIpc) is 3.29. The predicted octanol–water partition coefficient (Wildman–Crippen LogP) is 5.68. The van der Waals surface area contributed by atoms with E-state index in [9.17, 15) is 0 Å². The van der Waals surface area contributed by atoms with Gasteiger partial charge in [-0.2, -0.15) is 0 Å². The molecule has 3 rings (SSSR count). The van der Waals surface area contributed by atoms with E-state index in [1.807, 2.05) is 24.3 Å². The van der Waals surface area contributed by atoms with Crippen molar-refractivity contribution in [2.24, 2.45) is 0 Å². The Hall–Kier alpha value is -4.19. The summed E-state index contributed by atoms with van der Waals surface area (Å²) in [5.74, 6) is 1.08. The SMILES string of the molecule is C=Cc1ccc(COc2ccc(C(=Cc3ccco3)C(=N)OC=N)cc2)nc1C=C. The lowest BCUT2D eigenvalue weighted by molar-refractivity contribution is 0.301. The second kappa shape index (κ2) is 9.84. The largest absolute Gasteiger partial charge is 0.487 e. The highest BCUT2D eigenvalue weighted by atomic mass is 16.5. The highest BCUT2D eigenvalue weighted by Crippen LogP contribution is 2.23. The van der Waals surface area contributed by atoms with E-state index >= 15 is 0 Å². The Bertz CT molecular complexity index is 1080. The third-order valence-corrected chi connectivity index (χ3v) is 4.23. The fourth-order valence-electron chi connectivity index (χ4n) is 2.75. The van der Waals surface area contributed by atoms with E-state index in [-0.39, 0.29) is 5.90 Å². The van der Waals surface area contributed by atoms with Crippen LogP contribution in [0.4, 0.5) is 0 Å². The van der Waals surface area contributed by atoms with Crippen LogP contribution in [0.1, 0.15) is 28.3 Å². The topological polar surface area (TPSA) is 92.2 Å². The zero-order valence-electron chi connectivity index (χ0n) is 16.3. The smallest absolute Gasteiger partial charge is 0.221 e. The van der Waals surface area contributed by atoms with E-state index in [0.717, 1.165) is 28.9 Å². The molecular formula is C24H21N3O3. The molecular weight excluding hydrogens is 378 g/mol. The monoisotopic (exact) mass is 399 g/mol. The number of hydrogen-bond donors (Lipinski definition) is 2. The van der Waals surface area contributed by atoms with Crippen LogP contribution in [-0.4, -0.2) is 17.3 Å². The van der Waals surface area contributed by atoms with Crippen LogP contribution < -0.4 is 4.74 Å². The lowest BCUT2D eigenvalue weighted by Crippen LogP contribution is -2.05. The van der Waals surface area contributed by atoms with Gasteiger partial charge in [-0.3, -0.25) is 10.8 Å². The molecule has 0 fully saturated rings. The molecule has 1 aromatic carbocycles. The summed E-state index contributed by atoms with van der Waals surface area (Å²) in [5, 5.41) is 15.2. The maximum absolute atomic E-state index is 8.07. The molecule has 0 atom stereocenters. The Morgan fingerprint density at radius 3 is 2.50 bits per heavy atom. The van der Waals surface area contributed by atoms with Gasteiger partial charge in [0.25, 0.3) is 0 Å². The number of aromatic nitrogens is 1. The first-order valence-electron chi connectivity index (χ1n) is 9.12. The molecule has 6 nitrogen and oxygen atoms in total. The first-order valence-corrected chi connectivity index (χ1v) is 9.12. The van der Waals surface area contributed by atoms with E-state index in [4.69, 9.17) is 24.7 Å². The molecule has 0 aliphatic carbocycles. The van der Waals surface area contributed by atoms with E-state index in [1.165, 1.54) is 0 Å². The summed E-state index contributed by atoms with van der Waals surface area (Å²) < 4.78 is 16.1. The molecule has 2 heterocycles. The fraction of sp³-hybridized carbons (Fsp3) is 0.0417. The zero-order chi connectivity index (χ0) is 21.3. The molecule has 0 saturated heterocycles. The van der Waals surface area contributed by atoms with Gasteiger partial charge in [0.2, 0.25) is 5.90 Å². The number of pyridine rings is 1. The van der Waals surface area contributed by atoms with Crippen LogP contribution in [0.25, 0.3) is 23.8 Å². The van der Waals surface area contributed by atoms with Crippen molar-refractivity contribution in [1.82, 2.24) is 4.98 Å². The second-order valence-electron chi connectivity index (χ2n) is 6.14. The van der Waals surface area contributed by atoms with Gasteiger partial charge >= 0.3 is 0 Å². The quantitative estimate of drug-likeness (QED) is 0.357. The minimum atomic E-state index is -0.154. The molecule has 6 heteroatoms. The van der Waals surface area contributed by atoms with Gasteiger partial charge in [-0.1, -0.05) is 37.4 Å². The highest BCUT2D eigenvalue weighted by Gasteiger charge is 2.11. The molecule has 0 bridgehead atoms. The van der Waals surface area contributed by atoms with Crippen LogP contribution in [0.2, 0.25) is 0 Å². The molecule has 3 aromatic rings. The van der Waals surface area contributed by atoms with Crippen LogP contribution in [0.5, 0.6) is 5.75 Å². The summed E-state index contributed by atoms with van der Waals surface area (Å²) in [6.45, 7) is 7.85. The van der Waals surface area contributed by atoms with Crippen LogP contribution in [0, 0.1) is 10.8 Å². The van der Waals surface area contributed by atoms with Gasteiger partial charge in [-0.25, -0.2) is 4.98 Å². The lowest BCUT2D eigenvalue weighted by Gasteiger charge is -2.10. The summed E-state index contributed by atoms with van der Waals surface area (Å²) in [7, 11) is 0. The number of rotatable bonds is 9. The van der Waals surface area contributed by atoms with Crippen LogP contribution >= 0.6 is 0 Å². The first kappa shape index (κ1) is 20.5. The average molecular weight is 399 g/mol. The van der Waals surface area contributed by atoms with Crippen molar-refractivity contribution in [3.8, 4) is 5.75 Å². The number of ether oxygens (including phenoxy) is 2. The van der Waals surface area contributed by atoms with Gasteiger partial charge < -0.3 is 13.9 Å². The molecule has 2 N–H and O–H groups in total. The van der Waals surface area contributed by atoms with Crippen molar-refractivity contribution in [3.05, 3.63) is 96.2 Å². The number of hydrogen-bond acceptors (Lipinski definition) is 6. The first-order chi connectivity index (χ1) is 14.6. The van der Waals surface area contributed by atoms with E-state index in [1.54, 1.807) is 48.8 Å². The number of nitrogens with one attached hydrogen (secondary N) is 2. The summed E-state index contributed by atoms with van der Waals surface area (Å²) in [5.41, 5.74) is 3.67. The van der Waals surface area contributed by atoms with Crippen molar-refractivity contribution < 1.29 is 13.9 Å². The molecule has 2 aromatic heterocycles. The summed E-state index contributed by atoms with van der Waals surface area (Å²) in [6, 6.07) is 14.6. The predicted molar refractivity (Wildman–Crippen MR) is 119 cm³/mol. The molecule has 0 saturated carbocycles. The molecule has 0 unspecified atom stereocenters. The Labute approximate surface area is 174 Å². The Kier molecular flexibility index (Phi) is 6.74. The summed E-state index contributed by atoms with van der Waals surface area (Å²) in [6.07, 6.45) is 7.38. The molecule has 0 radical (unpaired) electrons. The third kappa shape index (κ3) is 4.99. The maximum atomic E-state index is 8.07. The van der Waals surface area contributed by atoms with E-state index < -0.39 is 0 Å². The van der Waals surface area contributed by atoms with Gasteiger partial charge in [0.1, 0.15) is 18.1 Å². The molecule has 0 spiro atoms. The van der Waals surface area contributed by atoms with Crippen molar-refractivity contribution in [3.63, 3.8) is 0 Å². The molecule has 0 amide bonds. The zero-order valence-corrected chi connectivity index (χ0v) is 16.3. The van der Waals surface area contributed by atoms with Gasteiger partial charge in [0, 0.05) is 5.57 Å². The maximum Gasteiger partial charge on any atom is 0.221 e. The number of furan rings is 1. The number of nitrogens with zero attached hydrogens (tertiary/aromatic N) is 1. The molecule has 30 heavy (non-hydrogen) atoms. The Balaban J connectivity index is 1.76. The molecule has 0 aliphatic rings. The standard InChI is InChI=1S/C24H21N3O3/c1-3-17-7-10-19(27-23(17)4-2)15-29-20-11-8-18(9-12-20)22(24(26)30-16-25)14-21-6-5-13-28-21/h3-14,16,25-26H,1-2,15H2. The van der Waals surface area contributed by atoms with E-state index in [2.05, 4.69) is 18.1 Å². The normalized spacial score (nSPS) is 10.9. The minimum Gasteiger partial charge on any atom is -0.487 e. The van der Waals surface area contributed by atoms with Gasteiger partial charge in [0.05, 0.1) is 17.7 Å². The Morgan fingerprint density at radius 2 is 1.87 bits per heavy atom. The van der Waals surface area contributed by atoms with Crippen LogP contribution in [-0.2, 0) is 11.3 Å². The van der Waals surface area contributed by atoms with Gasteiger partial charge in [0.15, 0.2) is 6.40 Å². The van der Waals surface area contributed by atoms with Crippen LogP contribution in [0.15, 0.2) is 72.4 Å².